The van der Waals surface area contributed by atoms with Crippen molar-refractivity contribution < 1.29 is 22.7 Å². The van der Waals surface area contributed by atoms with Crippen molar-refractivity contribution in [2.45, 2.75) is 19.8 Å². The number of amides is 1. The van der Waals surface area contributed by atoms with Crippen LogP contribution in [0.15, 0.2) is 79.4 Å². The Balaban J connectivity index is 1.44. The van der Waals surface area contributed by atoms with Crippen LogP contribution in [0.25, 0.3) is 11.3 Å². The minimum atomic E-state index is -4.54. The summed E-state index contributed by atoms with van der Waals surface area (Å²) in [5.74, 6) is 0.239. The van der Waals surface area contributed by atoms with Crippen LogP contribution >= 0.6 is 0 Å². The van der Waals surface area contributed by atoms with E-state index in [1.165, 1.54) is 0 Å². The van der Waals surface area contributed by atoms with Crippen LogP contribution in [0, 0.1) is 6.92 Å². The third kappa shape index (κ3) is 5.38. The van der Waals surface area contributed by atoms with Crippen molar-refractivity contribution in [3.8, 4) is 17.0 Å². The van der Waals surface area contributed by atoms with Gasteiger partial charge in [-0.2, -0.15) is 0 Å². The van der Waals surface area contributed by atoms with E-state index in [1.807, 2.05) is 18.2 Å². The van der Waals surface area contributed by atoms with E-state index >= 15 is 0 Å². The number of hydrogen-bond acceptors (Lipinski definition) is 4. The number of benzene rings is 2. The molecule has 33 heavy (non-hydrogen) atoms. The molecule has 0 aliphatic heterocycles. The molecule has 0 atom stereocenters. The van der Waals surface area contributed by atoms with Crippen molar-refractivity contribution in [1.82, 2.24) is 14.5 Å². The van der Waals surface area contributed by atoms with E-state index in [4.69, 9.17) is 4.74 Å². The Kier molecular flexibility index (Phi) is 6.12. The maximum Gasteiger partial charge on any atom is 0.489 e. The number of pyridine rings is 1. The van der Waals surface area contributed by atoms with Gasteiger partial charge in [-0.15, -0.1) is 13.2 Å². The summed E-state index contributed by atoms with van der Waals surface area (Å²) in [4.78, 5) is 20.7. The first-order valence-electron chi connectivity index (χ1n) is 9.96. The molecule has 168 valence electrons. The second-order valence-corrected chi connectivity index (χ2v) is 7.25. The SMILES string of the molecule is Cc1ccc(-c2cn(C(F)(F)F)cn2)cc1NC(=O)c1ccc(OCc2ccccn2)cc1. The number of ether oxygens (including phenoxy) is 1. The number of imidazole rings is 1. The third-order valence-corrected chi connectivity index (χ3v) is 4.89. The highest BCUT2D eigenvalue weighted by atomic mass is 19.4. The molecule has 0 fully saturated rings. The van der Waals surface area contributed by atoms with Crippen LogP contribution in [0.4, 0.5) is 18.9 Å². The fraction of sp³-hybridized carbons (Fsp3) is 0.125. The van der Waals surface area contributed by atoms with Crippen molar-refractivity contribution in [2.24, 2.45) is 0 Å². The van der Waals surface area contributed by atoms with Gasteiger partial charge in [0, 0.05) is 29.2 Å². The molecular weight excluding hydrogens is 433 g/mol. The molecule has 2 aromatic carbocycles. The summed E-state index contributed by atoms with van der Waals surface area (Å²) in [6, 6.07) is 17.2. The van der Waals surface area contributed by atoms with Gasteiger partial charge in [0.2, 0.25) is 0 Å². The molecule has 0 bridgehead atoms. The maximum atomic E-state index is 12.8. The van der Waals surface area contributed by atoms with E-state index in [2.05, 4.69) is 15.3 Å². The molecular formula is C24H19F3N4O2. The van der Waals surface area contributed by atoms with Crippen LogP contribution in [0.5, 0.6) is 5.75 Å². The Morgan fingerprint density at radius 2 is 1.85 bits per heavy atom. The molecule has 0 saturated heterocycles. The lowest BCUT2D eigenvalue weighted by Gasteiger charge is -2.11. The van der Waals surface area contributed by atoms with Gasteiger partial charge in [-0.1, -0.05) is 18.2 Å². The summed E-state index contributed by atoms with van der Waals surface area (Å²) in [7, 11) is 0. The highest BCUT2D eigenvalue weighted by Crippen LogP contribution is 2.28. The van der Waals surface area contributed by atoms with Gasteiger partial charge in [0.25, 0.3) is 5.91 Å². The van der Waals surface area contributed by atoms with Crippen molar-refractivity contribution in [3.63, 3.8) is 0 Å². The molecule has 1 amide bonds. The van der Waals surface area contributed by atoms with E-state index in [0.717, 1.165) is 17.5 Å². The van der Waals surface area contributed by atoms with E-state index in [0.29, 0.717) is 35.5 Å². The van der Waals surface area contributed by atoms with Crippen LogP contribution in [-0.2, 0) is 12.9 Å². The van der Waals surface area contributed by atoms with Gasteiger partial charge in [-0.05, 0) is 55.0 Å². The van der Waals surface area contributed by atoms with Gasteiger partial charge in [0.05, 0.1) is 11.4 Å². The zero-order chi connectivity index (χ0) is 23.4. The minimum Gasteiger partial charge on any atom is -0.487 e. The lowest BCUT2D eigenvalue weighted by Crippen LogP contribution is -2.14. The number of hydrogen-bond donors (Lipinski definition) is 1. The number of aryl methyl sites for hydroxylation is 1. The third-order valence-electron chi connectivity index (χ3n) is 4.89. The molecule has 0 unspecified atom stereocenters. The Morgan fingerprint density at radius 3 is 2.52 bits per heavy atom. The summed E-state index contributed by atoms with van der Waals surface area (Å²) in [6.07, 6.45) is -1.24. The van der Waals surface area contributed by atoms with Crippen molar-refractivity contribution in [1.29, 1.82) is 0 Å². The molecule has 6 nitrogen and oxygen atoms in total. The molecule has 0 saturated carbocycles. The molecule has 0 aliphatic rings. The molecule has 0 radical (unpaired) electrons. The summed E-state index contributed by atoms with van der Waals surface area (Å²) in [5.41, 5.74) is 3.04. The first-order valence-corrected chi connectivity index (χ1v) is 9.96. The van der Waals surface area contributed by atoms with Gasteiger partial charge in [-0.3, -0.25) is 9.78 Å². The van der Waals surface area contributed by atoms with E-state index in [1.54, 1.807) is 55.6 Å². The fourth-order valence-electron chi connectivity index (χ4n) is 3.06. The Labute approximate surface area is 187 Å². The Morgan fingerprint density at radius 1 is 1.06 bits per heavy atom. The molecule has 2 heterocycles. The fourth-order valence-corrected chi connectivity index (χ4v) is 3.06. The molecule has 9 heteroatoms. The van der Waals surface area contributed by atoms with Crippen LogP contribution < -0.4 is 10.1 Å². The molecule has 4 rings (SSSR count). The van der Waals surface area contributed by atoms with Gasteiger partial charge in [0.1, 0.15) is 18.7 Å². The van der Waals surface area contributed by atoms with Crippen LogP contribution in [0.3, 0.4) is 0 Å². The Hall–Kier alpha value is -4.14. The zero-order valence-electron chi connectivity index (χ0n) is 17.5. The molecule has 4 aromatic rings. The average molecular weight is 452 g/mol. The second-order valence-electron chi connectivity index (χ2n) is 7.25. The highest BCUT2D eigenvalue weighted by Gasteiger charge is 2.30. The van der Waals surface area contributed by atoms with Crippen molar-refractivity contribution in [2.75, 3.05) is 5.32 Å². The number of carbonyl (C=O) groups excluding carboxylic acids is 1. The van der Waals surface area contributed by atoms with Gasteiger partial charge in [-0.25, -0.2) is 9.55 Å². The number of alkyl halides is 3. The van der Waals surface area contributed by atoms with E-state index in [9.17, 15) is 18.0 Å². The number of aromatic nitrogens is 3. The number of rotatable bonds is 6. The zero-order valence-corrected chi connectivity index (χ0v) is 17.5. The topological polar surface area (TPSA) is 69.0 Å². The van der Waals surface area contributed by atoms with Gasteiger partial charge < -0.3 is 10.1 Å². The van der Waals surface area contributed by atoms with Crippen LogP contribution in [0.2, 0.25) is 0 Å². The monoisotopic (exact) mass is 452 g/mol. The first kappa shape index (κ1) is 22.1. The predicted octanol–water partition coefficient (Wildman–Crippen LogP) is 5.56. The number of anilines is 1. The minimum absolute atomic E-state index is 0.0813. The molecule has 2 aromatic heterocycles. The second kappa shape index (κ2) is 9.15. The summed E-state index contributed by atoms with van der Waals surface area (Å²) in [6.45, 7) is 2.10. The van der Waals surface area contributed by atoms with E-state index < -0.39 is 6.30 Å². The summed E-state index contributed by atoms with van der Waals surface area (Å²) in [5, 5.41) is 2.80. The van der Waals surface area contributed by atoms with E-state index in [-0.39, 0.29) is 16.2 Å². The van der Waals surface area contributed by atoms with Gasteiger partial charge in [0.15, 0.2) is 0 Å². The van der Waals surface area contributed by atoms with Crippen LogP contribution in [-0.4, -0.2) is 20.4 Å². The van der Waals surface area contributed by atoms with Crippen molar-refractivity contribution >= 4 is 11.6 Å². The molecule has 0 spiro atoms. The van der Waals surface area contributed by atoms with Crippen molar-refractivity contribution in [3.05, 3.63) is 96.2 Å². The maximum absolute atomic E-state index is 12.8. The number of halogens is 3. The first-order chi connectivity index (χ1) is 15.8. The van der Waals surface area contributed by atoms with Crippen LogP contribution in [0.1, 0.15) is 21.6 Å². The summed E-state index contributed by atoms with van der Waals surface area (Å²) >= 11 is 0. The number of nitrogens with zero attached hydrogens (tertiary/aromatic N) is 3. The highest BCUT2D eigenvalue weighted by molar-refractivity contribution is 6.05. The summed E-state index contributed by atoms with van der Waals surface area (Å²) < 4.78 is 44.3. The smallest absolute Gasteiger partial charge is 0.487 e. The number of carbonyl (C=O) groups is 1. The van der Waals surface area contributed by atoms with Gasteiger partial charge >= 0.3 is 6.30 Å². The average Bonchev–Trinajstić information content (AvgIpc) is 3.31. The normalized spacial score (nSPS) is 11.3. The number of nitrogens with one attached hydrogen (secondary N) is 1. The molecule has 0 aliphatic carbocycles. The lowest BCUT2D eigenvalue weighted by atomic mass is 10.1. The molecule has 1 N–H and O–H groups in total. The lowest BCUT2D eigenvalue weighted by molar-refractivity contribution is -0.204. The Bertz CT molecular complexity index is 1250. The largest absolute Gasteiger partial charge is 0.489 e. The standard InChI is InChI=1S/C24H19F3N4O2/c1-16-5-6-18(22-13-31(15-29-22)24(25,26)27)12-21(16)30-23(32)17-7-9-20(10-8-17)33-14-19-4-2-3-11-28-19/h2-13,15H,14H2,1H3,(H,30,32). The quantitative estimate of drug-likeness (QED) is 0.416. The predicted molar refractivity (Wildman–Crippen MR) is 117 cm³/mol.